The Morgan fingerprint density at radius 1 is 1.08 bits per heavy atom. The van der Waals surface area contributed by atoms with Crippen LogP contribution in [0.25, 0.3) is 10.9 Å². The summed E-state index contributed by atoms with van der Waals surface area (Å²) in [6.07, 6.45) is 0. The molecule has 0 atom stereocenters. The molecule has 0 saturated heterocycles. The molecule has 1 heterocycles. The molecule has 1 aromatic heterocycles. The van der Waals surface area contributed by atoms with Crippen molar-refractivity contribution in [3.05, 3.63) is 60.3 Å². The van der Waals surface area contributed by atoms with E-state index in [0.717, 1.165) is 16.6 Å². The highest BCUT2D eigenvalue weighted by Crippen LogP contribution is 2.31. The minimum Gasteiger partial charge on any atom is -0.493 e. The predicted octanol–water partition coefficient (Wildman–Crippen LogP) is 3.57. The van der Waals surface area contributed by atoms with Crippen LogP contribution >= 0.6 is 0 Å². The van der Waals surface area contributed by atoms with Crippen molar-refractivity contribution in [3.8, 4) is 11.5 Å². The molecule has 25 heavy (non-hydrogen) atoms. The lowest BCUT2D eigenvalue weighted by Gasteiger charge is -2.13. The third kappa shape index (κ3) is 3.98. The minimum absolute atomic E-state index is 0.296. The van der Waals surface area contributed by atoms with Crippen LogP contribution in [-0.2, 0) is 6.61 Å². The minimum atomic E-state index is -0.299. The quantitative estimate of drug-likeness (QED) is 0.746. The summed E-state index contributed by atoms with van der Waals surface area (Å²) in [5.74, 6) is 1.12. The number of rotatable bonds is 5. The van der Waals surface area contributed by atoms with Crippen LogP contribution in [0.3, 0.4) is 0 Å². The van der Waals surface area contributed by atoms with Gasteiger partial charge in [0.15, 0.2) is 11.5 Å². The van der Waals surface area contributed by atoms with Gasteiger partial charge in [0, 0.05) is 24.2 Å². The molecular formula is C19H19N3O3. The number of hydrogen-bond donors (Lipinski definition) is 2. The van der Waals surface area contributed by atoms with Gasteiger partial charge in [0.2, 0.25) is 0 Å². The van der Waals surface area contributed by atoms with E-state index in [1.807, 2.05) is 36.4 Å². The standard InChI is InChI=1S/C19H19N3O3/c1-20-19(23)22-14-9-10-17(24-2)18(11-14)25-12-15-8-7-13-5-3-4-6-16(13)21-15/h3-11H,12H2,1-2H3,(H2,20,22,23). The fourth-order valence-electron chi connectivity index (χ4n) is 2.40. The topological polar surface area (TPSA) is 72.5 Å². The maximum atomic E-state index is 11.4. The van der Waals surface area contributed by atoms with Gasteiger partial charge in [-0.2, -0.15) is 0 Å². The molecule has 0 unspecified atom stereocenters. The van der Waals surface area contributed by atoms with Gasteiger partial charge in [-0.25, -0.2) is 9.78 Å². The van der Waals surface area contributed by atoms with Crippen LogP contribution in [0.1, 0.15) is 5.69 Å². The van der Waals surface area contributed by atoms with Crippen molar-refractivity contribution >= 4 is 22.6 Å². The van der Waals surface area contributed by atoms with Crippen molar-refractivity contribution in [2.24, 2.45) is 0 Å². The molecule has 0 aliphatic heterocycles. The summed E-state index contributed by atoms with van der Waals surface area (Å²) in [6.45, 7) is 0.296. The lowest BCUT2D eigenvalue weighted by Crippen LogP contribution is -2.24. The van der Waals surface area contributed by atoms with E-state index in [1.54, 1.807) is 32.4 Å². The van der Waals surface area contributed by atoms with Crippen LogP contribution < -0.4 is 20.1 Å². The summed E-state index contributed by atoms with van der Waals surface area (Å²) in [7, 11) is 3.13. The van der Waals surface area contributed by atoms with E-state index in [0.29, 0.717) is 23.8 Å². The second-order valence-corrected chi connectivity index (χ2v) is 5.35. The Hall–Kier alpha value is -3.28. The zero-order chi connectivity index (χ0) is 17.6. The summed E-state index contributed by atoms with van der Waals surface area (Å²) in [6, 6.07) is 16.8. The third-order valence-corrected chi connectivity index (χ3v) is 3.68. The highest BCUT2D eigenvalue weighted by Gasteiger charge is 2.08. The van der Waals surface area contributed by atoms with Gasteiger partial charge in [0.1, 0.15) is 6.61 Å². The van der Waals surface area contributed by atoms with E-state index in [2.05, 4.69) is 15.6 Å². The monoisotopic (exact) mass is 337 g/mol. The second kappa shape index (κ2) is 7.53. The molecule has 6 nitrogen and oxygen atoms in total. The zero-order valence-electron chi connectivity index (χ0n) is 14.1. The van der Waals surface area contributed by atoms with Gasteiger partial charge in [0.25, 0.3) is 0 Å². The average molecular weight is 337 g/mol. The van der Waals surface area contributed by atoms with Crippen LogP contribution in [0.5, 0.6) is 11.5 Å². The molecule has 2 amide bonds. The molecule has 0 spiro atoms. The number of para-hydroxylation sites is 1. The van der Waals surface area contributed by atoms with Crippen LogP contribution in [0.15, 0.2) is 54.6 Å². The van der Waals surface area contributed by atoms with Gasteiger partial charge in [-0.1, -0.05) is 24.3 Å². The van der Waals surface area contributed by atoms with Gasteiger partial charge in [-0.05, 0) is 24.3 Å². The summed E-state index contributed by atoms with van der Waals surface area (Å²) >= 11 is 0. The number of nitrogens with one attached hydrogen (secondary N) is 2. The van der Waals surface area contributed by atoms with Crippen molar-refractivity contribution in [2.45, 2.75) is 6.61 Å². The number of aromatic nitrogens is 1. The first kappa shape index (κ1) is 16.6. The predicted molar refractivity (Wildman–Crippen MR) is 97.1 cm³/mol. The van der Waals surface area contributed by atoms with Gasteiger partial charge in [-0.15, -0.1) is 0 Å². The zero-order valence-corrected chi connectivity index (χ0v) is 14.1. The molecule has 6 heteroatoms. The first-order valence-electron chi connectivity index (χ1n) is 7.84. The number of amides is 2. The number of nitrogens with zero attached hydrogens (tertiary/aromatic N) is 1. The van der Waals surface area contributed by atoms with Crippen LogP contribution in [0.4, 0.5) is 10.5 Å². The summed E-state index contributed by atoms with van der Waals surface area (Å²) in [4.78, 5) is 16.0. The second-order valence-electron chi connectivity index (χ2n) is 5.35. The molecule has 0 saturated carbocycles. The molecule has 3 rings (SSSR count). The number of urea groups is 1. The van der Waals surface area contributed by atoms with Gasteiger partial charge < -0.3 is 20.1 Å². The van der Waals surface area contributed by atoms with E-state index in [-0.39, 0.29) is 6.03 Å². The largest absolute Gasteiger partial charge is 0.493 e. The maximum absolute atomic E-state index is 11.4. The molecule has 3 aromatic rings. The number of ether oxygens (including phenoxy) is 2. The van der Waals surface area contributed by atoms with Crippen molar-refractivity contribution < 1.29 is 14.3 Å². The first-order chi connectivity index (χ1) is 12.2. The summed E-state index contributed by atoms with van der Waals surface area (Å²) in [5, 5.41) is 6.29. The molecule has 0 aliphatic carbocycles. The summed E-state index contributed by atoms with van der Waals surface area (Å²) < 4.78 is 11.2. The number of fused-ring (bicyclic) bond motifs is 1. The Labute approximate surface area is 145 Å². The third-order valence-electron chi connectivity index (χ3n) is 3.68. The van der Waals surface area contributed by atoms with E-state index in [9.17, 15) is 4.79 Å². The van der Waals surface area contributed by atoms with Crippen LogP contribution in [0.2, 0.25) is 0 Å². The van der Waals surface area contributed by atoms with Crippen LogP contribution in [0, 0.1) is 0 Å². The molecule has 2 aromatic carbocycles. The number of methoxy groups -OCH3 is 1. The molecule has 0 fully saturated rings. The SMILES string of the molecule is CNC(=O)Nc1ccc(OC)c(OCc2ccc3ccccc3n2)c1. The number of pyridine rings is 1. The van der Waals surface area contributed by atoms with E-state index >= 15 is 0 Å². The Kier molecular flexibility index (Phi) is 4.99. The van der Waals surface area contributed by atoms with E-state index < -0.39 is 0 Å². The maximum Gasteiger partial charge on any atom is 0.318 e. The fourth-order valence-corrected chi connectivity index (χ4v) is 2.40. The van der Waals surface area contributed by atoms with Crippen molar-refractivity contribution in [3.63, 3.8) is 0 Å². The lowest BCUT2D eigenvalue weighted by molar-refractivity contribution is 0.254. The fraction of sp³-hybridized carbons (Fsp3) is 0.158. The summed E-state index contributed by atoms with van der Waals surface area (Å²) in [5.41, 5.74) is 2.35. The molecule has 128 valence electrons. The number of benzene rings is 2. The first-order valence-corrected chi connectivity index (χ1v) is 7.84. The Morgan fingerprint density at radius 3 is 2.72 bits per heavy atom. The molecule has 2 N–H and O–H groups in total. The van der Waals surface area contributed by atoms with Crippen molar-refractivity contribution in [2.75, 3.05) is 19.5 Å². The average Bonchev–Trinajstić information content (AvgIpc) is 2.66. The number of carbonyl (C=O) groups excluding carboxylic acids is 1. The molecule has 0 aliphatic rings. The van der Waals surface area contributed by atoms with Crippen LogP contribution in [-0.4, -0.2) is 25.2 Å². The van der Waals surface area contributed by atoms with Crippen molar-refractivity contribution in [1.82, 2.24) is 10.3 Å². The highest BCUT2D eigenvalue weighted by atomic mass is 16.5. The molecular weight excluding hydrogens is 318 g/mol. The normalized spacial score (nSPS) is 10.3. The van der Waals surface area contributed by atoms with Gasteiger partial charge in [-0.3, -0.25) is 0 Å². The van der Waals surface area contributed by atoms with E-state index in [4.69, 9.17) is 9.47 Å². The van der Waals surface area contributed by atoms with Gasteiger partial charge >= 0.3 is 6.03 Å². The number of carbonyl (C=O) groups is 1. The number of hydrogen-bond acceptors (Lipinski definition) is 4. The Bertz CT molecular complexity index is 896. The van der Waals surface area contributed by atoms with Gasteiger partial charge in [0.05, 0.1) is 18.3 Å². The van der Waals surface area contributed by atoms with E-state index in [1.165, 1.54) is 0 Å². The molecule has 0 bridgehead atoms. The van der Waals surface area contributed by atoms with Crippen molar-refractivity contribution in [1.29, 1.82) is 0 Å². The smallest absolute Gasteiger partial charge is 0.318 e. The highest BCUT2D eigenvalue weighted by molar-refractivity contribution is 5.89. The number of anilines is 1. The lowest BCUT2D eigenvalue weighted by atomic mass is 10.2. The molecule has 0 radical (unpaired) electrons. The Balaban J connectivity index is 1.78. The Morgan fingerprint density at radius 2 is 1.92 bits per heavy atom.